The van der Waals surface area contributed by atoms with Crippen molar-refractivity contribution in [2.24, 2.45) is 0 Å². The van der Waals surface area contributed by atoms with Crippen molar-refractivity contribution in [2.75, 3.05) is 5.32 Å². The average molecular weight is 321 g/mol. The quantitative estimate of drug-likeness (QED) is 0.803. The Morgan fingerprint density at radius 3 is 2.71 bits per heavy atom. The van der Waals surface area contributed by atoms with Gasteiger partial charge in [-0.05, 0) is 43.7 Å². The Bertz CT molecular complexity index is 960. The summed E-state index contributed by atoms with van der Waals surface area (Å²) in [5.41, 5.74) is 3.64. The van der Waals surface area contributed by atoms with Gasteiger partial charge in [0.2, 0.25) is 5.91 Å². The first-order chi connectivity index (χ1) is 11.5. The third-order valence-corrected chi connectivity index (χ3v) is 3.88. The molecule has 2 aromatic carbocycles. The molecule has 0 saturated heterocycles. The standard InChI is InChI=1S/C19H19N3O2/c1-13-6-5-7-15(12-13)21-18(23)10-11-22-17-9-4-3-8-16(17)20-14(2)19(22)24/h3-9,12H,10-11H2,1-2H3,(H,21,23). The number of aromatic nitrogens is 2. The monoisotopic (exact) mass is 321 g/mol. The van der Waals surface area contributed by atoms with Crippen molar-refractivity contribution < 1.29 is 4.79 Å². The van der Waals surface area contributed by atoms with Gasteiger partial charge in [-0.3, -0.25) is 9.59 Å². The number of nitrogens with one attached hydrogen (secondary N) is 1. The number of hydrogen-bond donors (Lipinski definition) is 1. The fourth-order valence-electron chi connectivity index (χ4n) is 2.70. The van der Waals surface area contributed by atoms with Crippen LogP contribution in [0.25, 0.3) is 11.0 Å². The zero-order chi connectivity index (χ0) is 17.1. The molecule has 0 aliphatic heterocycles. The summed E-state index contributed by atoms with van der Waals surface area (Å²) in [4.78, 5) is 28.9. The van der Waals surface area contributed by atoms with Gasteiger partial charge in [0.05, 0.1) is 11.0 Å². The zero-order valence-electron chi connectivity index (χ0n) is 13.7. The first-order valence-corrected chi connectivity index (χ1v) is 7.87. The summed E-state index contributed by atoms with van der Waals surface area (Å²) >= 11 is 0. The summed E-state index contributed by atoms with van der Waals surface area (Å²) in [5, 5.41) is 2.87. The fraction of sp³-hybridized carbons (Fsp3) is 0.211. The summed E-state index contributed by atoms with van der Waals surface area (Å²) in [6.45, 7) is 3.99. The number of aryl methyl sites for hydroxylation is 3. The number of anilines is 1. The molecule has 122 valence electrons. The SMILES string of the molecule is Cc1cccc(NC(=O)CCn2c(=O)c(C)nc3ccccc32)c1. The Morgan fingerprint density at radius 1 is 1.12 bits per heavy atom. The molecule has 5 heteroatoms. The van der Waals surface area contributed by atoms with Crippen molar-refractivity contribution >= 4 is 22.6 Å². The number of benzene rings is 2. The van der Waals surface area contributed by atoms with Crippen molar-refractivity contribution in [3.8, 4) is 0 Å². The normalized spacial score (nSPS) is 10.8. The topological polar surface area (TPSA) is 64.0 Å². The highest BCUT2D eigenvalue weighted by molar-refractivity contribution is 5.90. The number of carbonyl (C=O) groups excluding carboxylic acids is 1. The lowest BCUT2D eigenvalue weighted by molar-refractivity contribution is -0.116. The molecule has 3 aromatic rings. The van der Waals surface area contributed by atoms with E-state index in [2.05, 4.69) is 10.3 Å². The molecule has 1 amide bonds. The molecule has 0 unspecified atom stereocenters. The van der Waals surface area contributed by atoms with Gasteiger partial charge in [0.15, 0.2) is 0 Å². The Morgan fingerprint density at radius 2 is 1.92 bits per heavy atom. The van der Waals surface area contributed by atoms with Crippen LogP contribution in [0.2, 0.25) is 0 Å². The largest absolute Gasteiger partial charge is 0.326 e. The van der Waals surface area contributed by atoms with Gasteiger partial charge in [0, 0.05) is 18.7 Å². The number of para-hydroxylation sites is 2. The van der Waals surface area contributed by atoms with Gasteiger partial charge < -0.3 is 9.88 Å². The minimum Gasteiger partial charge on any atom is -0.326 e. The highest BCUT2D eigenvalue weighted by Gasteiger charge is 2.10. The molecule has 0 saturated carbocycles. The summed E-state index contributed by atoms with van der Waals surface area (Å²) in [6, 6.07) is 15.1. The molecule has 5 nitrogen and oxygen atoms in total. The molecule has 0 spiro atoms. The minimum atomic E-state index is -0.156. The predicted octanol–water partition coefficient (Wildman–Crippen LogP) is 3.04. The molecular formula is C19H19N3O2. The van der Waals surface area contributed by atoms with E-state index in [0.29, 0.717) is 12.2 Å². The van der Waals surface area contributed by atoms with E-state index < -0.39 is 0 Å². The van der Waals surface area contributed by atoms with E-state index >= 15 is 0 Å². The minimum absolute atomic E-state index is 0.119. The average Bonchev–Trinajstić information content (AvgIpc) is 2.55. The van der Waals surface area contributed by atoms with Crippen molar-refractivity contribution in [3.63, 3.8) is 0 Å². The van der Waals surface area contributed by atoms with E-state index in [9.17, 15) is 9.59 Å². The highest BCUT2D eigenvalue weighted by Crippen LogP contribution is 2.12. The maximum Gasteiger partial charge on any atom is 0.272 e. The van der Waals surface area contributed by atoms with Crippen LogP contribution in [0.5, 0.6) is 0 Å². The highest BCUT2D eigenvalue weighted by atomic mass is 16.2. The fourth-order valence-corrected chi connectivity index (χ4v) is 2.70. The lowest BCUT2D eigenvalue weighted by Gasteiger charge is -2.11. The number of nitrogens with zero attached hydrogens (tertiary/aromatic N) is 2. The second-order valence-electron chi connectivity index (χ2n) is 5.81. The molecule has 0 atom stereocenters. The zero-order valence-corrected chi connectivity index (χ0v) is 13.7. The Kier molecular flexibility index (Phi) is 4.42. The van der Waals surface area contributed by atoms with Crippen molar-refractivity contribution in [1.29, 1.82) is 0 Å². The van der Waals surface area contributed by atoms with E-state index in [4.69, 9.17) is 0 Å². The summed E-state index contributed by atoms with van der Waals surface area (Å²) in [7, 11) is 0. The molecule has 0 aliphatic rings. The Hall–Kier alpha value is -2.95. The number of rotatable bonds is 4. The third-order valence-electron chi connectivity index (χ3n) is 3.88. The van der Waals surface area contributed by atoms with Crippen molar-refractivity contribution in [1.82, 2.24) is 9.55 Å². The van der Waals surface area contributed by atoms with E-state index in [0.717, 1.165) is 22.3 Å². The number of carbonyl (C=O) groups is 1. The van der Waals surface area contributed by atoms with Crippen LogP contribution in [0.4, 0.5) is 5.69 Å². The lowest BCUT2D eigenvalue weighted by atomic mass is 10.2. The van der Waals surface area contributed by atoms with Gasteiger partial charge in [0.1, 0.15) is 5.69 Å². The number of amides is 1. The molecule has 1 aromatic heterocycles. The first-order valence-electron chi connectivity index (χ1n) is 7.87. The molecule has 24 heavy (non-hydrogen) atoms. The molecule has 0 radical (unpaired) electrons. The van der Waals surface area contributed by atoms with Crippen LogP contribution in [0.15, 0.2) is 53.3 Å². The van der Waals surface area contributed by atoms with E-state index in [1.165, 1.54) is 0 Å². The maximum absolute atomic E-state index is 12.4. The van der Waals surface area contributed by atoms with E-state index in [1.54, 1.807) is 11.5 Å². The van der Waals surface area contributed by atoms with Crippen LogP contribution in [-0.2, 0) is 11.3 Å². The Labute approximate surface area is 140 Å². The van der Waals surface area contributed by atoms with Gasteiger partial charge in [0.25, 0.3) is 5.56 Å². The van der Waals surface area contributed by atoms with Gasteiger partial charge >= 0.3 is 0 Å². The molecule has 0 aliphatic carbocycles. The molecular weight excluding hydrogens is 302 g/mol. The van der Waals surface area contributed by atoms with Gasteiger partial charge in [-0.25, -0.2) is 4.98 Å². The van der Waals surface area contributed by atoms with Crippen molar-refractivity contribution in [2.45, 2.75) is 26.8 Å². The first kappa shape index (κ1) is 15.9. The van der Waals surface area contributed by atoms with Crippen LogP contribution in [-0.4, -0.2) is 15.5 Å². The second kappa shape index (κ2) is 6.66. The summed E-state index contributed by atoms with van der Waals surface area (Å²) < 4.78 is 1.62. The van der Waals surface area contributed by atoms with Crippen LogP contribution in [0, 0.1) is 13.8 Å². The van der Waals surface area contributed by atoms with E-state index in [-0.39, 0.29) is 17.9 Å². The summed E-state index contributed by atoms with van der Waals surface area (Å²) in [5.74, 6) is -0.119. The van der Waals surface area contributed by atoms with Gasteiger partial charge in [-0.1, -0.05) is 24.3 Å². The van der Waals surface area contributed by atoms with E-state index in [1.807, 2.05) is 55.5 Å². The van der Waals surface area contributed by atoms with Crippen LogP contribution >= 0.6 is 0 Å². The number of hydrogen-bond acceptors (Lipinski definition) is 3. The molecule has 3 rings (SSSR count). The van der Waals surface area contributed by atoms with Crippen LogP contribution in [0.3, 0.4) is 0 Å². The third kappa shape index (κ3) is 3.35. The predicted molar refractivity (Wildman–Crippen MR) is 95.2 cm³/mol. The van der Waals surface area contributed by atoms with Crippen molar-refractivity contribution in [3.05, 3.63) is 70.1 Å². The van der Waals surface area contributed by atoms with Gasteiger partial charge in [-0.15, -0.1) is 0 Å². The molecule has 1 heterocycles. The van der Waals surface area contributed by atoms with Crippen LogP contribution in [0.1, 0.15) is 17.7 Å². The second-order valence-corrected chi connectivity index (χ2v) is 5.81. The molecule has 1 N–H and O–H groups in total. The number of fused-ring (bicyclic) bond motifs is 1. The summed E-state index contributed by atoms with van der Waals surface area (Å²) in [6.07, 6.45) is 0.224. The molecule has 0 bridgehead atoms. The Balaban J connectivity index is 1.79. The van der Waals surface area contributed by atoms with Gasteiger partial charge in [-0.2, -0.15) is 0 Å². The lowest BCUT2D eigenvalue weighted by Crippen LogP contribution is -2.26. The smallest absolute Gasteiger partial charge is 0.272 e. The maximum atomic E-state index is 12.4. The molecule has 0 fully saturated rings. The van der Waals surface area contributed by atoms with Crippen LogP contribution < -0.4 is 10.9 Å².